The van der Waals surface area contributed by atoms with E-state index in [1.54, 1.807) is 25.2 Å². The van der Waals surface area contributed by atoms with Gasteiger partial charge in [0.05, 0.1) is 18.3 Å². The molecule has 0 aromatic heterocycles. The molecule has 0 amide bonds. The van der Waals surface area contributed by atoms with Gasteiger partial charge in [-0.15, -0.1) is 0 Å². The predicted octanol–water partition coefficient (Wildman–Crippen LogP) is 4.28. The first-order valence-corrected chi connectivity index (χ1v) is 16.5. The van der Waals surface area contributed by atoms with Crippen molar-refractivity contribution >= 4 is 17.7 Å². The fourth-order valence-corrected chi connectivity index (χ4v) is 3.38. The van der Waals surface area contributed by atoms with E-state index >= 15 is 0 Å². The van der Waals surface area contributed by atoms with Gasteiger partial charge in [-0.05, 0) is 40.0 Å². The van der Waals surface area contributed by atoms with Gasteiger partial charge in [-0.2, -0.15) is 0 Å². The maximum Gasteiger partial charge on any atom is 0 e. The molecule has 1 rings (SSSR count). The molecule has 0 aliphatic carbocycles. The minimum absolute atomic E-state index is 0. The van der Waals surface area contributed by atoms with Crippen LogP contribution >= 0.6 is 0 Å². The van der Waals surface area contributed by atoms with Crippen molar-refractivity contribution in [3.63, 3.8) is 0 Å². The quantitative estimate of drug-likeness (QED) is 0.432. The molecular weight excluding hydrogens is 452 g/mol. The third kappa shape index (κ3) is 32.8. The standard InChI is InChI=1S/C8H13Ge.3C4H10O.Zr/c1-9(2,3)8-6-4-5-7-8;3*1-3-4(2)5;/h4-7H,1-3H3;3*4-5H,3H2,1-2H3;/q-1;;;;. The molecule has 1 aromatic carbocycles. The first kappa shape index (κ1) is 33.3. The number of aliphatic hydroxyl groups excluding tert-OH is 3. The van der Waals surface area contributed by atoms with E-state index in [2.05, 4.69) is 41.5 Å². The van der Waals surface area contributed by atoms with Gasteiger partial charge in [-0.1, -0.05) is 20.8 Å². The summed E-state index contributed by atoms with van der Waals surface area (Å²) in [5, 5.41) is 25.1. The first-order chi connectivity index (χ1) is 10.9. The van der Waals surface area contributed by atoms with Crippen LogP contribution in [-0.4, -0.2) is 46.9 Å². The summed E-state index contributed by atoms with van der Waals surface area (Å²) in [6, 6.07) is 8.76. The van der Waals surface area contributed by atoms with Crippen molar-refractivity contribution in [2.75, 3.05) is 0 Å². The molecule has 0 heterocycles. The monoisotopic (exact) mass is 495 g/mol. The number of hydrogen-bond acceptors (Lipinski definition) is 3. The van der Waals surface area contributed by atoms with Crippen LogP contribution in [0.2, 0.25) is 17.3 Å². The van der Waals surface area contributed by atoms with Gasteiger partial charge < -0.3 is 15.3 Å². The number of hydrogen-bond donors (Lipinski definition) is 3. The van der Waals surface area contributed by atoms with E-state index in [-0.39, 0.29) is 44.5 Å². The van der Waals surface area contributed by atoms with Crippen molar-refractivity contribution in [3.8, 4) is 0 Å². The maximum atomic E-state index is 8.36. The Morgan fingerprint density at radius 2 is 0.920 bits per heavy atom. The van der Waals surface area contributed by atoms with Crippen LogP contribution in [0.5, 0.6) is 0 Å². The van der Waals surface area contributed by atoms with Gasteiger partial charge in [0, 0.05) is 26.2 Å². The molecule has 25 heavy (non-hydrogen) atoms. The summed E-state index contributed by atoms with van der Waals surface area (Å²) in [6.45, 7) is 11.2. The molecule has 0 bridgehead atoms. The largest absolute Gasteiger partial charge is 0 e. The van der Waals surface area contributed by atoms with Crippen molar-refractivity contribution in [2.24, 2.45) is 0 Å². The second-order valence-corrected chi connectivity index (χ2v) is 17.8. The second kappa shape index (κ2) is 21.0. The molecule has 0 radical (unpaired) electrons. The zero-order chi connectivity index (χ0) is 19.8. The van der Waals surface area contributed by atoms with Crippen LogP contribution < -0.4 is 4.40 Å². The molecule has 5 heteroatoms. The van der Waals surface area contributed by atoms with Gasteiger partial charge >= 0.3 is 59.2 Å². The summed E-state index contributed by atoms with van der Waals surface area (Å²) in [6.07, 6.45) is 2.24. The van der Waals surface area contributed by atoms with Crippen LogP contribution in [0.25, 0.3) is 0 Å². The van der Waals surface area contributed by atoms with E-state index < -0.39 is 13.3 Å². The molecular formula is C20H43GeO3Zr-. The van der Waals surface area contributed by atoms with E-state index in [1.807, 2.05) is 20.8 Å². The van der Waals surface area contributed by atoms with Crippen molar-refractivity contribution in [2.45, 2.75) is 96.4 Å². The Hall–Kier alpha value is 0.656. The van der Waals surface area contributed by atoms with E-state index in [1.165, 1.54) is 0 Å². The molecule has 0 aliphatic rings. The number of aliphatic hydroxyl groups is 3. The molecule has 3 N–H and O–H groups in total. The third-order valence-corrected chi connectivity index (χ3v) is 7.63. The van der Waals surface area contributed by atoms with Gasteiger partial charge in [0.1, 0.15) is 0 Å². The average Bonchev–Trinajstić information content (AvgIpc) is 3.03. The fourth-order valence-electron chi connectivity index (χ4n) is 0.874. The van der Waals surface area contributed by atoms with Gasteiger partial charge in [0.2, 0.25) is 0 Å². The summed E-state index contributed by atoms with van der Waals surface area (Å²) < 4.78 is 1.61. The molecule has 0 fully saturated rings. The Balaban J connectivity index is -0.000000122. The maximum absolute atomic E-state index is 8.36. The van der Waals surface area contributed by atoms with Crippen molar-refractivity contribution in [1.29, 1.82) is 0 Å². The van der Waals surface area contributed by atoms with Crippen LogP contribution in [0.1, 0.15) is 60.8 Å². The topological polar surface area (TPSA) is 60.7 Å². The van der Waals surface area contributed by atoms with Gasteiger partial charge in [-0.3, -0.25) is 0 Å². The Morgan fingerprint density at radius 3 is 1.00 bits per heavy atom. The summed E-state index contributed by atoms with van der Waals surface area (Å²) in [5.74, 6) is 7.24. The zero-order valence-electron chi connectivity index (χ0n) is 18.0. The summed E-state index contributed by atoms with van der Waals surface area (Å²) >= 11 is -1.44. The molecule has 0 saturated heterocycles. The van der Waals surface area contributed by atoms with Gasteiger partial charge in [0.15, 0.2) is 0 Å². The molecule has 0 saturated carbocycles. The molecule has 0 spiro atoms. The average molecular weight is 495 g/mol. The van der Waals surface area contributed by atoms with Crippen LogP contribution in [0.3, 0.4) is 0 Å². The fraction of sp³-hybridized carbons (Fsp3) is 0.750. The summed E-state index contributed by atoms with van der Waals surface area (Å²) in [5.41, 5.74) is 0. The van der Waals surface area contributed by atoms with Gasteiger partial charge in [0.25, 0.3) is 0 Å². The van der Waals surface area contributed by atoms with Crippen molar-refractivity contribution < 1.29 is 41.5 Å². The normalized spacial score (nSPS) is 13.3. The van der Waals surface area contributed by atoms with Crippen LogP contribution in [-0.2, 0) is 26.2 Å². The Morgan fingerprint density at radius 1 is 0.720 bits per heavy atom. The molecule has 150 valence electrons. The smallest absolute Gasteiger partial charge is 0 e. The first-order valence-electron chi connectivity index (χ1n) is 9.18. The minimum Gasteiger partial charge on any atom is 0 e. The SMILES string of the molecule is CCC(C)O.CCC(C)O.CCC(C)O.[CH3][Ge]([CH3])([CH3])[c-]1cccc1.[Zr]. The molecule has 3 nitrogen and oxygen atoms in total. The van der Waals surface area contributed by atoms with Crippen molar-refractivity contribution in [1.82, 2.24) is 0 Å². The van der Waals surface area contributed by atoms with Crippen LogP contribution in [0.4, 0.5) is 0 Å². The van der Waals surface area contributed by atoms with Gasteiger partial charge in [-0.25, -0.2) is 0 Å². The van der Waals surface area contributed by atoms with E-state index in [4.69, 9.17) is 15.3 Å². The van der Waals surface area contributed by atoms with E-state index in [0.29, 0.717) is 0 Å². The van der Waals surface area contributed by atoms with Crippen LogP contribution in [0.15, 0.2) is 24.3 Å². The molecule has 3 atom stereocenters. The number of rotatable bonds is 4. The van der Waals surface area contributed by atoms with E-state index in [9.17, 15) is 0 Å². The van der Waals surface area contributed by atoms with E-state index in [0.717, 1.165) is 19.3 Å². The molecule has 1 aromatic rings. The summed E-state index contributed by atoms with van der Waals surface area (Å²) in [4.78, 5) is 0. The Kier molecular flexibility index (Phi) is 27.9. The second-order valence-electron chi connectivity index (χ2n) is 7.20. The molecule has 3 unspecified atom stereocenters. The zero-order valence-corrected chi connectivity index (χ0v) is 22.6. The van der Waals surface area contributed by atoms with Crippen LogP contribution in [0, 0.1) is 0 Å². The predicted molar refractivity (Wildman–Crippen MR) is 111 cm³/mol. The Bertz CT molecular complexity index is 312. The van der Waals surface area contributed by atoms with Crippen molar-refractivity contribution in [3.05, 3.63) is 24.3 Å². The minimum atomic E-state index is -1.44. The third-order valence-electron chi connectivity index (χ3n) is 3.30. The summed E-state index contributed by atoms with van der Waals surface area (Å²) in [7, 11) is 0. The Labute approximate surface area is 179 Å². The molecule has 0 aliphatic heterocycles.